The minimum absolute atomic E-state index is 0.496. The first kappa shape index (κ1) is 12.2. The van der Waals surface area contributed by atoms with E-state index in [9.17, 15) is 0 Å². The fourth-order valence-corrected chi connectivity index (χ4v) is 2.86. The molecule has 0 spiro atoms. The summed E-state index contributed by atoms with van der Waals surface area (Å²) in [6.45, 7) is 8.96. The summed E-state index contributed by atoms with van der Waals surface area (Å²) in [6.07, 6.45) is 5.56. The molecule has 0 amide bonds. The van der Waals surface area contributed by atoms with E-state index in [0.29, 0.717) is 5.41 Å². The summed E-state index contributed by atoms with van der Waals surface area (Å²) in [4.78, 5) is 6.91. The molecule has 0 aromatic carbocycles. The highest BCUT2D eigenvalue weighted by Crippen LogP contribution is 2.39. The zero-order chi connectivity index (χ0) is 12.5. The van der Waals surface area contributed by atoms with Crippen LogP contribution in [0.4, 0.5) is 11.5 Å². The SMILES string of the molecule is CCC1(CC)CCN(c2ncc(N)cc2C)C1. The molecular formula is C14H23N3. The van der Waals surface area contributed by atoms with Crippen molar-refractivity contribution in [1.82, 2.24) is 4.98 Å². The van der Waals surface area contributed by atoms with Gasteiger partial charge in [0.05, 0.1) is 11.9 Å². The number of rotatable bonds is 3. The molecule has 94 valence electrons. The van der Waals surface area contributed by atoms with Crippen molar-refractivity contribution in [3.8, 4) is 0 Å². The summed E-state index contributed by atoms with van der Waals surface area (Å²) in [6, 6.07) is 2.01. The predicted octanol–water partition coefficient (Wildman–Crippen LogP) is 2.99. The van der Waals surface area contributed by atoms with Crippen molar-refractivity contribution in [3.63, 3.8) is 0 Å². The Morgan fingerprint density at radius 1 is 1.41 bits per heavy atom. The summed E-state index contributed by atoms with van der Waals surface area (Å²) < 4.78 is 0. The van der Waals surface area contributed by atoms with E-state index in [0.717, 1.165) is 24.6 Å². The molecule has 0 saturated carbocycles. The lowest BCUT2D eigenvalue weighted by molar-refractivity contribution is 0.301. The maximum Gasteiger partial charge on any atom is 0.131 e. The fourth-order valence-electron chi connectivity index (χ4n) is 2.86. The lowest BCUT2D eigenvalue weighted by atomic mass is 9.82. The van der Waals surface area contributed by atoms with E-state index in [-0.39, 0.29) is 0 Å². The van der Waals surface area contributed by atoms with Crippen molar-refractivity contribution < 1.29 is 0 Å². The van der Waals surface area contributed by atoms with Gasteiger partial charge in [0.15, 0.2) is 0 Å². The van der Waals surface area contributed by atoms with Gasteiger partial charge in [0.2, 0.25) is 0 Å². The number of hydrogen-bond donors (Lipinski definition) is 1. The number of aromatic nitrogens is 1. The predicted molar refractivity (Wildman–Crippen MR) is 73.2 cm³/mol. The van der Waals surface area contributed by atoms with E-state index >= 15 is 0 Å². The molecule has 1 aromatic heterocycles. The van der Waals surface area contributed by atoms with E-state index in [1.807, 2.05) is 6.07 Å². The molecule has 2 heterocycles. The van der Waals surface area contributed by atoms with Crippen molar-refractivity contribution in [1.29, 1.82) is 0 Å². The van der Waals surface area contributed by atoms with Gasteiger partial charge in [-0.3, -0.25) is 0 Å². The first-order valence-corrected chi connectivity index (χ1v) is 6.57. The number of nitrogens with two attached hydrogens (primary N) is 1. The molecule has 1 fully saturated rings. The van der Waals surface area contributed by atoms with Crippen LogP contribution in [0.2, 0.25) is 0 Å². The largest absolute Gasteiger partial charge is 0.397 e. The standard InChI is InChI=1S/C14H23N3/c1-4-14(5-2)6-7-17(10-14)13-11(3)8-12(15)9-16-13/h8-9H,4-7,10,15H2,1-3H3. The quantitative estimate of drug-likeness (QED) is 0.872. The molecule has 1 aromatic rings. The van der Waals surface area contributed by atoms with Gasteiger partial charge in [-0.1, -0.05) is 13.8 Å². The van der Waals surface area contributed by atoms with Crippen LogP contribution in [0.3, 0.4) is 0 Å². The van der Waals surface area contributed by atoms with Crippen LogP contribution in [0.1, 0.15) is 38.7 Å². The monoisotopic (exact) mass is 233 g/mol. The average Bonchev–Trinajstić information content (AvgIpc) is 2.74. The normalized spacial score (nSPS) is 18.6. The zero-order valence-electron chi connectivity index (χ0n) is 11.2. The molecule has 1 aliphatic heterocycles. The summed E-state index contributed by atoms with van der Waals surface area (Å²) in [5, 5.41) is 0. The van der Waals surface area contributed by atoms with Crippen LogP contribution in [0.5, 0.6) is 0 Å². The Kier molecular flexibility index (Phi) is 3.27. The smallest absolute Gasteiger partial charge is 0.131 e. The topological polar surface area (TPSA) is 42.2 Å². The maximum absolute atomic E-state index is 5.75. The van der Waals surface area contributed by atoms with Crippen molar-refractivity contribution in [2.45, 2.75) is 40.0 Å². The summed E-state index contributed by atoms with van der Waals surface area (Å²) in [5.74, 6) is 1.11. The van der Waals surface area contributed by atoms with Crippen LogP contribution in [0.25, 0.3) is 0 Å². The van der Waals surface area contributed by atoms with E-state index in [1.54, 1.807) is 6.20 Å². The zero-order valence-corrected chi connectivity index (χ0v) is 11.2. The van der Waals surface area contributed by atoms with Crippen molar-refractivity contribution >= 4 is 11.5 Å². The molecule has 0 unspecified atom stereocenters. The molecule has 2 rings (SSSR count). The maximum atomic E-state index is 5.75. The van der Waals surface area contributed by atoms with Crippen LogP contribution >= 0.6 is 0 Å². The highest BCUT2D eigenvalue weighted by atomic mass is 15.2. The molecule has 2 N–H and O–H groups in total. The van der Waals surface area contributed by atoms with Crippen molar-refractivity contribution in [3.05, 3.63) is 17.8 Å². The summed E-state index contributed by atoms with van der Waals surface area (Å²) in [7, 11) is 0. The molecular weight excluding hydrogens is 210 g/mol. The third kappa shape index (κ3) is 2.24. The van der Waals surface area contributed by atoms with Gasteiger partial charge in [0.1, 0.15) is 5.82 Å². The highest BCUT2D eigenvalue weighted by molar-refractivity contribution is 5.53. The Labute approximate surface area is 104 Å². The Bertz CT molecular complexity index is 396. The van der Waals surface area contributed by atoms with Crippen LogP contribution < -0.4 is 10.6 Å². The van der Waals surface area contributed by atoms with Gasteiger partial charge >= 0.3 is 0 Å². The molecule has 3 heteroatoms. The number of nitrogen functional groups attached to an aromatic ring is 1. The van der Waals surface area contributed by atoms with E-state index in [4.69, 9.17) is 5.73 Å². The van der Waals surface area contributed by atoms with Crippen molar-refractivity contribution in [2.75, 3.05) is 23.7 Å². The molecule has 0 radical (unpaired) electrons. The molecule has 1 aliphatic rings. The third-order valence-electron chi connectivity index (χ3n) is 4.31. The van der Waals surface area contributed by atoms with Gasteiger partial charge in [0.25, 0.3) is 0 Å². The third-order valence-corrected chi connectivity index (χ3v) is 4.31. The molecule has 0 atom stereocenters. The number of pyridine rings is 1. The molecule has 3 nitrogen and oxygen atoms in total. The summed E-state index contributed by atoms with van der Waals surface area (Å²) >= 11 is 0. The second kappa shape index (κ2) is 4.55. The molecule has 17 heavy (non-hydrogen) atoms. The van der Waals surface area contributed by atoms with E-state index < -0.39 is 0 Å². The van der Waals surface area contributed by atoms with Gasteiger partial charge in [-0.15, -0.1) is 0 Å². The minimum Gasteiger partial charge on any atom is -0.397 e. The minimum atomic E-state index is 0.496. The Hall–Kier alpha value is -1.25. The average molecular weight is 233 g/mol. The Balaban J connectivity index is 2.20. The molecule has 1 saturated heterocycles. The first-order valence-electron chi connectivity index (χ1n) is 6.57. The van der Waals surface area contributed by atoms with Crippen LogP contribution in [-0.2, 0) is 0 Å². The fraction of sp³-hybridized carbons (Fsp3) is 0.643. The van der Waals surface area contributed by atoms with Gasteiger partial charge in [-0.05, 0) is 43.2 Å². The van der Waals surface area contributed by atoms with Crippen LogP contribution in [0, 0.1) is 12.3 Å². The number of nitrogens with zero attached hydrogens (tertiary/aromatic N) is 2. The Morgan fingerprint density at radius 2 is 2.12 bits per heavy atom. The number of anilines is 2. The summed E-state index contributed by atoms with van der Waals surface area (Å²) in [5.41, 5.74) is 8.19. The van der Waals surface area contributed by atoms with Crippen LogP contribution in [0.15, 0.2) is 12.3 Å². The Morgan fingerprint density at radius 3 is 2.65 bits per heavy atom. The van der Waals surface area contributed by atoms with Gasteiger partial charge in [0, 0.05) is 13.1 Å². The molecule has 0 aliphatic carbocycles. The van der Waals surface area contributed by atoms with E-state index in [2.05, 4.69) is 30.7 Å². The second-order valence-electron chi connectivity index (χ2n) is 5.29. The first-order chi connectivity index (χ1) is 8.10. The van der Waals surface area contributed by atoms with Crippen LogP contribution in [-0.4, -0.2) is 18.1 Å². The van der Waals surface area contributed by atoms with E-state index in [1.165, 1.54) is 24.8 Å². The lowest BCUT2D eigenvalue weighted by Crippen LogP contribution is -2.27. The van der Waals surface area contributed by atoms with Crippen molar-refractivity contribution in [2.24, 2.45) is 5.41 Å². The number of hydrogen-bond acceptors (Lipinski definition) is 3. The second-order valence-corrected chi connectivity index (χ2v) is 5.29. The van der Waals surface area contributed by atoms with Gasteiger partial charge in [-0.25, -0.2) is 4.98 Å². The molecule has 0 bridgehead atoms. The lowest BCUT2D eigenvalue weighted by Gasteiger charge is -2.27. The van der Waals surface area contributed by atoms with Gasteiger partial charge < -0.3 is 10.6 Å². The van der Waals surface area contributed by atoms with Gasteiger partial charge in [-0.2, -0.15) is 0 Å². The number of aryl methyl sites for hydroxylation is 1. The highest BCUT2D eigenvalue weighted by Gasteiger charge is 2.35.